The summed E-state index contributed by atoms with van der Waals surface area (Å²) in [6.07, 6.45) is 0. The second-order valence-electron chi connectivity index (χ2n) is 4.94. The maximum absolute atomic E-state index is 5.80. The van der Waals surface area contributed by atoms with Crippen LogP contribution in [-0.4, -0.2) is 0 Å². The maximum atomic E-state index is 5.80. The average molecular weight is 319 g/mol. The molecule has 0 saturated heterocycles. The number of rotatable bonds is 3. The van der Waals surface area contributed by atoms with Gasteiger partial charge in [0.2, 0.25) is 0 Å². The topological polar surface area (TPSA) is 38.0 Å². The van der Waals surface area contributed by atoms with Crippen molar-refractivity contribution in [2.24, 2.45) is 5.84 Å². The summed E-state index contributed by atoms with van der Waals surface area (Å²) < 4.78 is 1.11. The molecule has 100 valence electrons. The molecule has 3 N–H and O–H groups in total. The molecule has 0 aromatic heterocycles. The summed E-state index contributed by atoms with van der Waals surface area (Å²) in [6.45, 7) is 6.30. The minimum Gasteiger partial charge on any atom is -0.271 e. The van der Waals surface area contributed by atoms with Gasteiger partial charge in [0.1, 0.15) is 0 Å². The summed E-state index contributed by atoms with van der Waals surface area (Å²) in [7, 11) is 0. The van der Waals surface area contributed by atoms with Gasteiger partial charge in [0.15, 0.2) is 0 Å². The molecule has 0 saturated carbocycles. The van der Waals surface area contributed by atoms with E-state index < -0.39 is 0 Å². The van der Waals surface area contributed by atoms with Crippen LogP contribution in [0.4, 0.5) is 0 Å². The SMILES string of the molecule is Cc1ccc(C)c(C(NN)c2cccc(C)c2Br)c1. The zero-order chi connectivity index (χ0) is 14.0. The number of aryl methyl sites for hydroxylation is 3. The van der Waals surface area contributed by atoms with Gasteiger partial charge in [-0.2, -0.15) is 0 Å². The predicted molar refractivity (Wildman–Crippen MR) is 84.0 cm³/mol. The molecule has 3 heteroatoms. The minimum absolute atomic E-state index is 0.00539. The Morgan fingerprint density at radius 3 is 2.42 bits per heavy atom. The first-order valence-corrected chi connectivity index (χ1v) is 7.12. The molecular formula is C16H19BrN2. The third-order valence-corrected chi connectivity index (χ3v) is 4.53. The molecule has 0 aliphatic rings. The van der Waals surface area contributed by atoms with Crippen LogP contribution in [0.1, 0.15) is 33.9 Å². The molecular weight excluding hydrogens is 300 g/mol. The van der Waals surface area contributed by atoms with Gasteiger partial charge in [-0.15, -0.1) is 0 Å². The van der Waals surface area contributed by atoms with E-state index in [1.807, 2.05) is 0 Å². The fraction of sp³-hybridized carbons (Fsp3) is 0.250. The van der Waals surface area contributed by atoms with Crippen molar-refractivity contribution in [1.29, 1.82) is 0 Å². The first-order chi connectivity index (χ1) is 9.04. The van der Waals surface area contributed by atoms with E-state index in [4.69, 9.17) is 5.84 Å². The Morgan fingerprint density at radius 1 is 1.00 bits per heavy atom. The van der Waals surface area contributed by atoms with Gasteiger partial charge in [0.05, 0.1) is 6.04 Å². The van der Waals surface area contributed by atoms with Crippen molar-refractivity contribution in [1.82, 2.24) is 5.43 Å². The fourth-order valence-electron chi connectivity index (χ4n) is 2.31. The second-order valence-corrected chi connectivity index (χ2v) is 5.73. The number of nitrogens with one attached hydrogen (secondary N) is 1. The van der Waals surface area contributed by atoms with Gasteiger partial charge < -0.3 is 0 Å². The highest BCUT2D eigenvalue weighted by atomic mass is 79.9. The van der Waals surface area contributed by atoms with Gasteiger partial charge in [-0.25, -0.2) is 5.43 Å². The van der Waals surface area contributed by atoms with Gasteiger partial charge in [-0.3, -0.25) is 5.84 Å². The number of hydrogen-bond acceptors (Lipinski definition) is 2. The van der Waals surface area contributed by atoms with Crippen molar-refractivity contribution < 1.29 is 0 Å². The molecule has 2 aromatic carbocycles. The van der Waals surface area contributed by atoms with Crippen molar-refractivity contribution in [3.63, 3.8) is 0 Å². The Hall–Kier alpha value is -1.16. The standard InChI is InChI=1S/C16H19BrN2/c1-10-7-8-11(2)14(9-10)16(19-18)13-6-4-5-12(3)15(13)17/h4-9,16,19H,18H2,1-3H3. The highest BCUT2D eigenvalue weighted by Crippen LogP contribution is 2.32. The molecule has 0 spiro atoms. The van der Waals surface area contributed by atoms with Crippen molar-refractivity contribution in [3.05, 3.63) is 68.7 Å². The van der Waals surface area contributed by atoms with Crippen LogP contribution in [0, 0.1) is 20.8 Å². The van der Waals surface area contributed by atoms with E-state index in [0.717, 1.165) is 10.0 Å². The van der Waals surface area contributed by atoms with E-state index in [-0.39, 0.29) is 6.04 Å². The lowest BCUT2D eigenvalue weighted by Gasteiger charge is -2.21. The van der Waals surface area contributed by atoms with Gasteiger partial charge in [0.25, 0.3) is 0 Å². The van der Waals surface area contributed by atoms with Crippen LogP contribution in [-0.2, 0) is 0 Å². The van der Waals surface area contributed by atoms with Crippen LogP contribution in [0.2, 0.25) is 0 Å². The zero-order valence-electron chi connectivity index (χ0n) is 11.5. The molecule has 0 heterocycles. The van der Waals surface area contributed by atoms with E-state index in [2.05, 4.69) is 78.5 Å². The number of hydrogen-bond donors (Lipinski definition) is 2. The van der Waals surface area contributed by atoms with Crippen LogP contribution >= 0.6 is 15.9 Å². The molecule has 1 unspecified atom stereocenters. The highest BCUT2D eigenvalue weighted by Gasteiger charge is 2.18. The first-order valence-electron chi connectivity index (χ1n) is 6.33. The Balaban J connectivity index is 2.56. The smallest absolute Gasteiger partial charge is 0.0723 e. The molecule has 0 amide bonds. The van der Waals surface area contributed by atoms with Crippen molar-refractivity contribution in [2.45, 2.75) is 26.8 Å². The van der Waals surface area contributed by atoms with Crippen molar-refractivity contribution in [3.8, 4) is 0 Å². The van der Waals surface area contributed by atoms with E-state index in [1.165, 1.54) is 22.3 Å². The van der Waals surface area contributed by atoms with E-state index in [9.17, 15) is 0 Å². The molecule has 0 bridgehead atoms. The summed E-state index contributed by atoms with van der Waals surface area (Å²) in [5.41, 5.74) is 9.01. The number of benzene rings is 2. The van der Waals surface area contributed by atoms with Crippen LogP contribution in [0.3, 0.4) is 0 Å². The summed E-state index contributed by atoms with van der Waals surface area (Å²) >= 11 is 3.67. The Bertz CT molecular complexity index is 591. The van der Waals surface area contributed by atoms with E-state index >= 15 is 0 Å². The molecule has 1 atom stereocenters. The predicted octanol–water partition coefficient (Wildman–Crippen LogP) is 3.93. The summed E-state index contributed by atoms with van der Waals surface area (Å²) in [5.74, 6) is 5.80. The van der Waals surface area contributed by atoms with Crippen molar-refractivity contribution in [2.75, 3.05) is 0 Å². The first kappa shape index (κ1) is 14.3. The van der Waals surface area contributed by atoms with Crippen LogP contribution in [0.25, 0.3) is 0 Å². The zero-order valence-corrected chi connectivity index (χ0v) is 13.1. The molecule has 0 aliphatic carbocycles. The largest absolute Gasteiger partial charge is 0.271 e. The van der Waals surface area contributed by atoms with E-state index in [0.29, 0.717) is 0 Å². The Morgan fingerprint density at radius 2 is 1.74 bits per heavy atom. The van der Waals surface area contributed by atoms with Crippen LogP contribution in [0.5, 0.6) is 0 Å². The maximum Gasteiger partial charge on any atom is 0.0723 e. The molecule has 2 rings (SSSR count). The van der Waals surface area contributed by atoms with Gasteiger partial charge in [-0.05, 0) is 43.0 Å². The van der Waals surface area contributed by atoms with E-state index in [1.54, 1.807) is 0 Å². The fourth-order valence-corrected chi connectivity index (χ4v) is 2.80. The third kappa shape index (κ3) is 2.89. The minimum atomic E-state index is -0.00539. The Labute approximate surface area is 123 Å². The summed E-state index contributed by atoms with van der Waals surface area (Å²) in [6, 6.07) is 12.7. The normalized spacial score (nSPS) is 12.5. The molecule has 2 nitrogen and oxygen atoms in total. The second kappa shape index (κ2) is 5.87. The molecule has 0 fully saturated rings. The monoisotopic (exact) mass is 318 g/mol. The lowest BCUT2D eigenvalue weighted by atomic mass is 9.93. The number of nitrogens with two attached hydrogens (primary N) is 1. The van der Waals surface area contributed by atoms with Gasteiger partial charge in [0, 0.05) is 4.47 Å². The summed E-state index contributed by atoms with van der Waals surface area (Å²) in [5, 5.41) is 0. The van der Waals surface area contributed by atoms with Gasteiger partial charge >= 0.3 is 0 Å². The van der Waals surface area contributed by atoms with Crippen molar-refractivity contribution >= 4 is 15.9 Å². The quantitative estimate of drug-likeness (QED) is 0.664. The lowest BCUT2D eigenvalue weighted by molar-refractivity contribution is 0.630. The third-order valence-electron chi connectivity index (χ3n) is 3.45. The molecule has 0 aliphatic heterocycles. The van der Waals surface area contributed by atoms with Crippen LogP contribution in [0.15, 0.2) is 40.9 Å². The highest BCUT2D eigenvalue weighted by molar-refractivity contribution is 9.10. The number of halogens is 1. The Kier molecular flexibility index (Phi) is 4.40. The molecule has 0 radical (unpaired) electrons. The summed E-state index contributed by atoms with van der Waals surface area (Å²) in [4.78, 5) is 0. The molecule has 2 aromatic rings. The van der Waals surface area contributed by atoms with Gasteiger partial charge in [-0.1, -0.05) is 57.9 Å². The number of hydrazine groups is 1. The molecule has 19 heavy (non-hydrogen) atoms. The van der Waals surface area contributed by atoms with Crippen LogP contribution < -0.4 is 11.3 Å². The lowest BCUT2D eigenvalue weighted by Crippen LogP contribution is -2.29. The average Bonchev–Trinajstić information content (AvgIpc) is 2.39.